The number of amides is 2. The Kier molecular flexibility index (Phi) is 5.15. The van der Waals surface area contributed by atoms with E-state index in [1.54, 1.807) is 0 Å². The van der Waals surface area contributed by atoms with Gasteiger partial charge in [0.1, 0.15) is 11.6 Å². The van der Waals surface area contributed by atoms with Crippen LogP contribution in [0.5, 0.6) is 0 Å². The number of rotatable bonds is 6. The SMILES string of the molecule is Cc1nc2cc(C(=O)NCC(NC(=O)c3ccc4c(c3)nc(C)n4C)C3CC3)ccc2n1C. The highest BCUT2D eigenvalue weighted by Crippen LogP contribution is 2.32. The van der Waals surface area contributed by atoms with E-state index in [1.165, 1.54) is 0 Å². The molecule has 8 nitrogen and oxygen atoms in total. The summed E-state index contributed by atoms with van der Waals surface area (Å²) in [4.78, 5) is 34.8. The average Bonchev–Trinajstić information content (AvgIpc) is 3.56. The number of carbonyl (C=O) groups excluding carboxylic acids is 2. The van der Waals surface area contributed by atoms with E-state index in [2.05, 4.69) is 20.6 Å². The molecule has 2 amide bonds. The van der Waals surface area contributed by atoms with Crippen LogP contribution in [0.3, 0.4) is 0 Å². The lowest BCUT2D eigenvalue weighted by molar-refractivity contribution is 0.0903. The smallest absolute Gasteiger partial charge is 0.251 e. The van der Waals surface area contributed by atoms with Gasteiger partial charge < -0.3 is 19.8 Å². The minimum absolute atomic E-state index is 0.108. The van der Waals surface area contributed by atoms with Crippen molar-refractivity contribution in [1.29, 1.82) is 0 Å². The maximum atomic E-state index is 12.9. The first-order chi connectivity index (χ1) is 15.8. The number of aromatic nitrogens is 4. The number of nitrogens with zero attached hydrogens (tertiary/aromatic N) is 4. The van der Waals surface area contributed by atoms with Crippen molar-refractivity contribution in [1.82, 2.24) is 29.7 Å². The lowest BCUT2D eigenvalue weighted by atomic mass is 10.1. The molecule has 4 aromatic rings. The van der Waals surface area contributed by atoms with Crippen LogP contribution in [0.2, 0.25) is 0 Å². The van der Waals surface area contributed by atoms with Crippen LogP contribution in [-0.4, -0.2) is 43.5 Å². The highest BCUT2D eigenvalue weighted by molar-refractivity contribution is 5.98. The first-order valence-electron chi connectivity index (χ1n) is 11.3. The number of imidazole rings is 2. The van der Waals surface area contributed by atoms with Crippen LogP contribution >= 0.6 is 0 Å². The van der Waals surface area contributed by atoms with Crippen LogP contribution in [0.4, 0.5) is 0 Å². The van der Waals surface area contributed by atoms with Crippen LogP contribution in [-0.2, 0) is 14.1 Å². The largest absolute Gasteiger partial charge is 0.350 e. The van der Waals surface area contributed by atoms with E-state index in [1.807, 2.05) is 73.5 Å². The molecule has 2 aromatic heterocycles. The standard InChI is InChI=1S/C25H28N6O2/c1-14-27-19-11-17(7-9-22(19)30(14)3)24(32)26-13-21(16-5-6-16)29-25(33)18-8-10-23-20(12-18)28-15(2)31(23)4/h7-12,16,21H,5-6,13H2,1-4H3,(H,26,32)(H,29,33). The number of hydrogen-bond donors (Lipinski definition) is 2. The highest BCUT2D eigenvalue weighted by atomic mass is 16.2. The molecule has 2 N–H and O–H groups in total. The van der Waals surface area contributed by atoms with Crippen molar-refractivity contribution in [2.45, 2.75) is 32.7 Å². The number of benzene rings is 2. The number of fused-ring (bicyclic) bond motifs is 2. The monoisotopic (exact) mass is 444 g/mol. The Labute approximate surface area is 192 Å². The maximum Gasteiger partial charge on any atom is 0.251 e. The van der Waals surface area contributed by atoms with Crippen LogP contribution in [0, 0.1) is 19.8 Å². The zero-order chi connectivity index (χ0) is 23.3. The van der Waals surface area contributed by atoms with E-state index in [-0.39, 0.29) is 17.9 Å². The molecule has 0 spiro atoms. The molecule has 5 rings (SSSR count). The van der Waals surface area contributed by atoms with Gasteiger partial charge in [-0.3, -0.25) is 9.59 Å². The van der Waals surface area contributed by atoms with Crippen molar-refractivity contribution in [2.75, 3.05) is 6.54 Å². The molecule has 1 unspecified atom stereocenters. The molecule has 2 aromatic carbocycles. The van der Waals surface area contributed by atoms with Gasteiger partial charge in [0, 0.05) is 37.8 Å². The molecule has 1 aliphatic rings. The number of hydrogen-bond acceptors (Lipinski definition) is 4. The Balaban J connectivity index is 1.27. The first kappa shape index (κ1) is 21.2. The van der Waals surface area contributed by atoms with Crippen molar-refractivity contribution in [3.8, 4) is 0 Å². The minimum atomic E-state index is -0.162. The predicted molar refractivity (Wildman–Crippen MR) is 127 cm³/mol. The third kappa shape index (κ3) is 3.97. The summed E-state index contributed by atoms with van der Waals surface area (Å²) in [6.07, 6.45) is 2.11. The van der Waals surface area contributed by atoms with Crippen molar-refractivity contribution in [3.05, 3.63) is 59.2 Å². The molecule has 0 saturated heterocycles. The lowest BCUT2D eigenvalue weighted by Crippen LogP contribution is -2.45. The normalized spacial score (nSPS) is 14.5. The van der Waals surface area contributed by atoms with Gasteiger partial charge in [0.2, 0.25) is 0 Å². The Morgan fingerprint density at radius 2 is 1.42 bits per heavy atom. The summed E-state index contributed by atoms with van der Waals surface area (Å²) >= 11 is 0. The summed E-state index contributed by atoms with van der Waals surface area (Å²) < 4.78 is 4.00. The maximum absolute atomic E-state index is 12.9. The molecule has 1 fully saturated rings. The molecular weight excluding hydrogens is 416 g/mol. The molecule has 33 heavy (non-hydrogen) atoms. The highest BCUT2D eigenvalue weighted by Gasteiger charge is 2.33. The second kappa shape index (κ2) is 8.03. The van der Waals surface area contributed by atoms with Crippen LogP contribution < -0.4 is 10.6 Å². The van der Waals surface area contributed by atoms with E-state index in [4.69, 9.17) is 0 Å². The number of carbonyl (C=O) groups is 2. The summed E-state index contributed by atoms with van der Waals surface area (Å²) in [5, 5.41) is 6.12. The van der Waals surface area contributed by atoms with E-state index < -0.39 is 0 Å². The second-order valence-electron chi connectivity index (χ2n) is 8.97. The third-order valence-electron chi connectivity index (χ3n) is 6.72. The Morgan fingerprint density at radius 1 is 0.909 bits per heavy atom. The van der Waals surface area contributed by atoms with Gasteiger partial charge >= 0.3 is 0 Å². The molecule has 0 aliphatic heterocycles. The molecule has 170 valence electrons. The molecule has 1 saturated carbocycles. The summed E-state index contributed by atoms with van der Waals surface area (Å²) in [7, 11) is 3.92. The summed E-state index contributed by atoms with van der Waals surface area (Å²) in [6, 6.07) is 11.0. The Morgan fingerprint density at radius 3 is 1.94 bits per heavy atom. The zero-order valence-corrected chi connectivity index (χ0v) is 19.3. The molecular formula is C25H28N6O2. The van der Waals surface area contributed by atoms with Gasteiger partial charge in [0.05, 0.1) is 22.1 Å². The van der Waals surface area contributed by atoms with Gasteiger partial charge in [-0.25, -0.2) is 9.97 Å². The molecule has 0 bridgehead atoms. The Hall–Kier alpha value is -3.68. The number of aryl methyl sites for hydroxylation is 4. The van der Waals surface area contributed by atoms with E-state index in [0.29, 0.717) is 23.6 Å². The van der Waals surface area contributed by atoms with Gasteiger partial charge in [-0.05, 0) is 69.0 Å². The van der Waals surface area contributed by atoms with E-state index in [9.17, 15) is 9.59 Å². The fourth-order valence-corrected chi connectivity index (χ4v) is 4.31. The van der Waals surface area contributed by atoms with E-state index >= 15 is 0 Å². The molecule has 0 radical (unpaired) electrons. The van der Waals surface area contributed by atoms with Gasteiger partial charge in [0.15, 0.2) is 0 Å². The summed E-state index contributed by atoms with van der Waals surface area (Å²) in [6.45, 7) is 4.27. The zero-order valence-electron chi connectivity index (χ0n) is 19.3. The predicted octanol–water partition coefficient (Wildman–Crippen LogP) is 3.02. The molecule has 1 atom stereocenters. The first-order valence-corrected chi connectivity index (χ1v) is 11.3. The average molecular weight is 445 g/mol. The number of nitrogens with one attached hydrogen (secondary N) is 2. The van der Waals surface area contributed by atoms with Crippen LogP contribution in [0.1, 0.15) is 45.2 Å². The van der Waals surface area contributed by atoms with Crippen molar-refractivity contribution >= 4 is 33.9 Å². The third-order valence-corrected chi connectivity index (χ3v) is 6.72. The van der Waals surface area contributed by atoms with E-state index in [0.717, 1.165) is 46.6 Å². The lowest BCUT2D eigenvalue weighted by Gasteiger charge is -2.19. The second-order valence-corrected chi connectivity index (χ2v) is 8.97. The quantitative estimate of drug-likeness (QED) is 0.478. The Bertz CT molecular complexity index is 1400. The van der Waals surface area contributed by atoms with Crippen molar-refractivity contribution in [3.63, 3.8) is 0 Å². The van der Waals surface area contributed by atoms with Crippen molar-refractivity contribution in [2.24, 2.45) is 20.0 Å². The van der Waals surface area contributed by atoms with Gasteiger partial charge in [-0.15, -0.1) is 0 Å². The topological polar surface area (TPSA) is 93.8 Å². The van der Waals surface area contributed by atoms with Crippen LogP contribution in [0.15, 0.2) is 36.4 Å². The summed E-state index contributed by atoms with van der Waals surface area (Å²) in [5.74, 6) is 1.89. The van der Waals surface area contributed by atoms with Crippen LogP contribution in [0.25, 0.3) is 22.1 Å². The van der Waals surface area contributed by atoms with Gasteiger partial charge in [-0.1, -0.05) is 0 Å². The van der Waals surface area contributed by atoms with Gasteiger partial charge in [-0.2, -0.15) is 0 Å². The van der Waals surface area contributed by atoms with Gasteiger partial charge in [0.25, 0.3) is 11.8 Å². The molecule has 2 heterocycles. The molecule has 8 heteroatoms. The minimum Gasteiger partial charge on any atom is -0.350 e. The summed E-state index contributed by atoms with van der Waals surface area (Å²) in [5.41, 5.74) is 4.74. The fourth-order valence-electron chi connectivity index (χ4n) is 4.31. The fraction of sp³-hybridized carbons (Fsp3) is 0.360. The van der Waals surface area contributed by atoms with Crippen molar-refractivity contribution < 1.29 is 9.59 Å². The molecule has 1 aliphatic carbocycles.